The van der Waals surface area contributed by atoms with Gasteiger partial charge in [-0.1, -0.05) is 0 Å². The maximum atomic E-state index is 11.0. The molecule has 10 heteroatoms. The van der Waals surface area contributed by atoms with E-state index in [1.807, 2.05) is 12.1 Å². The number of phenolic OH excluding ortho intramolecular Hbond substituents is 1. The van der Waals surface area contributed by atoms with Gasteiger partial charge in [0.15, 0.2) is 46.0 Å². The largest absolute Gasteiger partial charge is 0.504 e. The van der Waals surface area contributed by atoms with Gasteiger partial charge in [0.2, 0.25) is 0 Å². The van der Waals surface area contributed by atoms with Gasteiger partial charge in [0.25, 0.3) is 0 Å². The number of phenols is 1. The van der Waals surface area contributed by atoms with Crippen molar-refractivity contribution >= 4 is 0 Å². The van der Waals surface area contributed by atoms with E-state index < -0.39 is 0 Å². The molecule has 3 aliphatic rings. The van der Waals surface area contributed by atoms with Crippen molar-refractivity contribution in [2.75, 3.05) is 69.8 Å². The monoisotopic (exact) mass is 682 g/mol. The molecule has 0 spiro atoms. The van der Waals surface area contributed by atoms with E-state index in [1.54, 1.807) is 48.7 Å². The molecule has 4 aromatic rings. The molecule has 50 heavy (non-hydrogen) atoms. The van der Waals surface area contributed by atoms with Gasteiger partial charge < -0.3 is 38.3 Å². The van der Waals surface area contributed by atoms with Crippen molar-refractivity contribution in [3.05, 3.63) is 75.8 Å². The van der Waals surface area contributed by atoms with Crippen LogP contribution in [-0.4, -0.2) is 84.7 Å². The predicted molar refractivity (Wildman–Crippen MR) is 191 cm³/mol. The molecule has 2 unspecified atom stereocenters. The predicted octanol–water partition coefficient (Wildman–Crippen LogP) is 6.76. The van der Waals surface area contributed by atoms with Crippen molar-refractivity contribution in [1.29, 1.82) is 0 Å². The molecule has 0 fully saturated rings. The average Bonchev–Trinajstić information content (AvgIpc) is 3.13. The number of hydrogen-bond acceptors (Lipinski definition) is 10. The molecule has 1 aliphatic carbocycles. The van der Waals surface area contributed by atoms with Crippen molar-refractivity contribution in [1.82, 2.24) is 9.80 Å². The Morgan fingerprint density at radius 3 is 1.94 bits per heavy atom. The third-order valence-electron chi connectivity index (χ3n) is 10.7. The van der Waals surface area contributed by atoms with Gasteiger partial charge in [-0.15, -0.1) is 0 Å². The van der Waals surface area contributed by atoms with Gasteiger partial charge in [-0.2, -0.15) is 0 Å². The smallest absolute Gasteiger partial charge is 0.169 e. The van der Waals surface area contributed by atoms with Crippen LogP contribution >= 0.6 is 0 Å². The summed E-state index contributed by atoms with van der Waals surface area (Å²) in [6.07, 6.45) is 3.23. The Morgan fingerprint density at radius 2 is 1.24 bits per heavy atom. The second kappa shape index (κ2) is 13.5. The summed E-state index contributed by atoms with van der Waals surface area (Å²) >= 11 is 0. The summed E-state index contributed by atoms with van der Waals surface area (Å²) in [5.41, 5.74) is 9.03. The lowest BCUT2D eigenvalue weighted by molar-refractivity contribution is 0.226. The first-order valence-electron chi connectivity index (χ1n) is 16.9. The Balaban J connectivity index is 1.32. The third kappa shape index (κ3) is 5.60. The molecule has 2 aliphatic heterocycles. The number of benzene rings is 4. The van der Waals surface area contributed by atoms with Crippen molar-refractivity contribution in [3.63, 3.8) is 0 Å². The SMILES string of the molecule is COc1cc(CC2c3cc(OC)c(OC)cc3CCN2C)c(Oc2cc3c(cc2OC)-c2c(OC)c(OC)cc4c2C(C3)N(C)CC4)cc1O. The van der Waals surface area contributed by atoms with Gasteiger partial charge >= 0.3 is 0 Å². The van der Waals surface area contributed by atoms with Crippen molar-refractivity contribution < 1.29 is 38.3 Å². The van der Waals surface area contributed by atoms with Crippen LogP contribution in [0, 0.1) is 0 Å². The summed E-state index contributed by atoms with van der Waals surface area (Å²) in [7, 11) is 14.2. The minimum Gasteiger partial charge on any atom is -0.504 e. The number of methoxy groups -OCH3 is 6. The fraction of sp³-hybridized carbons (Fsp3) is 0.400. The lowest BCUT2D eigenvalue weighted by atomic mass is 9.76. The first-order chi connectivity index (χ1) is 24.2. The topological polar surface area (TPSA) is 91.3 Å². The highest BCUT2D eigenvalue weighted by Gasteiger charge is 2.37. The molecule has 264 valence electrons. The van der Waals surface area contributed by atoms with Gasteiger partial charge in [-0.3, -0.25) is 9.80 Å². The van der Waals surface area contributed by atoms with E-state index in [2.05, 4.69) is 48.2 Å². The number of rotatable bonds is 10. The molecule has 2 heterocycles. The number of hydrogen-bond donors (Lipinski definition) is 1. The quantitative estimate of drug-likeness (QED) is 0.194. The average molecular weight is 683 g/mol. The van der Waals surface area contributed by atoms with Crippen LogP contribution in [0.1, 0.15) is 45.5 Å². The van der Waals surface area contributed by atoms with E-state index >= 15 is 0 Å². The lowest BCUT2D eigenvalue weighted by Crippen LogP contribution is -2.35. The zero-order valence-electron chi connectivity index (χ0n) is 30.1. The summed E-state index contributed by atoms with van der Waals surface area (Å²) < 4.78 is 41.5. The van der Waals surface area contributed by atoms with Crippen LogP contribution in [-0.2, 0) is 25.7 Å². The number of aromatic hydroxyl groups is 1. The van der Waals surface area contributed by atoms with Crippen LogP contribution < -0.4 is 33.2 Å². The molecule has 4 aromatic carbocycles. The second-order valence-electron chi connectivity index (χ2n) is 13.3. The Morgan fingerprint density at radius 1 is 0.620 bits per heavy atom. The first kappa shape index (κ1) is 33.7. The summed E-state index contributed by atoms with van der Waals surface area (Å²) in [5, 5.41) is 11.0. The maximum absolute atomic E-state index is 11.0. The van der Waals surface area contributed by atoms with E-state index in [0.29, 0.717) is 35.2 Å². The number of ether oxygens (including phenoxy) is 7. The third-order valence-corrected chi connectivity index (χ3v) is 10.7. The molecule has 2 atom stereocenters. The zero-order chi connectivity index (χ0) is 35.3. The zero-order valence-corrected chi connectivity index (χ0v) is 30.1. The molecule has 0 saturated carbocycles. The molecular weight excluding hydrogens is 636 g/mol. The van der Waals surface area contributed by atoms with Crippen LogP contribution in [0.3, 0.4) is 0 Å². The highest BCUT2D eigenvalue weighted by Crippen LogP contribution is 2.54. The molecular formula is C40H46N2O8. The van der Waals surface area contributed by atoms with E-state index in [4.69, 9.17) is 33.2 Å². The summed E-state index contributed by atoms with van der Waals surface area (Å²) in [6.45, 7) is 1.83. The van der Waals surface area contributed by atoms with Crippen LogP contribution in [0.2, 0.25) is 0 Å². The van der Waals surface area contributed by atoms with E-state index in [9.17, 15) is 5.11 Å². The summed E-state index contributed by atoms with van der Waals surface area (Å²) in [6, 6.07) is 14.1. The fourth-order valence-corrected chi connectivity index (χ4v) is 8.05. The number of fused-ring (bicyclic) bond motifs is 3. The Kier molecular flexibility index (Phi) is 9.09. The minimum atomic E-state index is -0.00546. The highest BCUT2D eigenvalue weighted by atomic mass is 16.5. The van der Waals surface area contributed by atoms with Crippen LogP contribution in [0.5, 0.6) is 51.7 Å². The molecule has 0 amide bonds. The van der Waals surface area contributed by atoms with Gasteiger partial charge in [-0.25, -0.2) is 0 Å². The molecule has 10 nitrogen and oxygen atoms in total. The normalized spacial score (nSPS) is 18.0. The summed E-state index contributed by atoms with van der Waals surface area (Å²) in [4.78, 5) is 4.75. The van der Waals surface area contributed by atoms with Gasteiger partial charge in [-0.05, 0) is 110 Å². The number of likely N-dealkylation sites (N-methyl/N-ethyl adjacent to an activating group) is 2. The highest BCUT2D eigenvalue weighted by molar-refractivity contribution is 5.85. The molecule has 0 bridgehead atoms. The van der Waals surface area contributed by atoms with Crippen LogP contribution in [0.25, 0.3) is 11.1 Å². The maximum Gasteiger partial charge on any atom is 0.169 e. The molecule has 0 radical (unpaired) electrons. The number of nitrogens with zero attached hydrogens (tertiary/aromatic N) is 2. The first-order valence-corrected chi connectivity index (χ1v) is 16.9. The van der Waals surface area contributed by atoms with Crippen molar-refractivity contribution in [3.8, 4) is 62.9 Å². The Bertz CT molecular complexity index is 1940. The standard InChI is InChI=1S/C40H46N2O8/c1-41-11-9-22-15-33(45-4)34(46-5)19-26(22)28(41)14-25-18-32(44-3)30(43)21-31(25)50-36-17-24-13-29-38-23(10-12-42(29)2)16-37(48-7)40(49-8)39(38)27(24)20-35(36)47-6/h15-21,28-29,43H,9-14H2,1-8H3. The second-order valence-corrected chi connectivity index (χ2v) is 13.3. The Hall–Kier alpha value is -4.80. The van der Waals surface area contributed by atoms with Crippen LogP contribution in [0.15, 0.2) is 42.5 Å². The molecule has 7 rings (SSSR count). The Labute approximate surface area is 294 Å². The van der Waals surface area contributed by atoms with E-state index in [0.717, 1.165) is 71.9 Å². The van der Waals surface area contributed by atoms with Gasteiger partial charge in [0.1, 0.15) is 5.75 Å². The fourth-order valence-electron chi connectivity index (χ4n) is 8.05. The molecule has 1 N–H and O–H groups in total. The minimum absolute atomic E-state index is 0.00546. The van der Waals surface area contributed by atoms with Crippen molar-refractivity contribution in [2.24, 2.45) is 0 Å². The van der Waals surface area contributed by atoms with Gasteiger partial charge in [0.05, 0.1) is 42.7 Å². The molecule has 0 saturated heterocycles. The van der Waals surface area contributed by atoms with Gasteiger partial charge in [0, 0.05) is 42.4 Å². The summed E-state index contributed by atoms with van der Waals surface area (Å²) in [5.74, 6) is 4.88. The van der Waals surface area contributed by atoms with Crippen molar-refractivity contribution in [2.45, 2.75) is 37.8 Å². The van der Waals surface area contributed by atoms with Crippen LogP contribution in [0.4, 0.5) is 0 Å². The van der Waals surface area contributed by atoms with E-state index in [1.165, 1.54) is 22.3 Å². The van der Waals surface area contributed by atoms with E-state index in [-0.39, 0.29) is 17.8 Å². The lowest BCUT2D eigenvalue weighted by Gasteiger charge is -2.40. The molecule has 0 aromatic heterocycles.